The highest BCUT2D eigenvalue weighted by molar-refractivity contribution is 6.18. The van der Waals surface area contributed by atoms with Crippen molar-refractivity contribution in [1.29, 1.82) is 0 Å². The molecule has 0 unspecified atom stereocenters. The summed E-state index contributed by atoms with van der Waals surface area (Å²) in [6, 6.07) is 38.9. The number of benzene rings is 4. The number of allylic oxidation sites excluding steroid dienone is 4. The van der Waals surface area contributed by atoms with Crippen molar-refractivity contribution in [3.05, 3.63) is 121 Å². The Hall–Kier alpha value is -5.10. The summed E-state index contributed by atoms with van der Waals surface area (Å²) in [5.74, 6) is 0. The summed E-state index contributed by atoms with van der Waals surface area (Å²) in [5, 5.41) is 0. The predicted molar refractivity (Wildman–Crippen MR) is 451 cm³/mol. The van der Waals surface area contributed by atoms with Crippen LogP contribution in [0.1, 0.15) is 364 Å². The van der Waals surface area contributed by atoms with E-state index in [2.05, 4.69) is 206 Å². The summed E-state index contributed by atoms with van der Waals surface area (Å²) in [6.45, 7) is 27.7. The van der Waals surface area contributed by atoms with Crippen LogP contribution in [0.4, 0.5) is 45.5 Å². The second-order valence-corrected chi connectivity index (χ2v) is 30.3. The Morgan fingerprint density at radius 1 is 0.200 bits per heavy atom. The van der Waals surface area contributed by atoms with Gasteiger partial charge < -0.3 is 19.6 Å². The van der Waals surface area contributed by atoms with Gasteiger partial charge in [-0.1, -0.05) is 299 Å². The molecule has 1 aliphatic carbocycles. The van der Waals surface area contributed by atoms with Crippen LogP contribution in [-0.4, -0.2) is 68.4 Å². The summed E-state index contributed by atoms with van der Waals surface area (Å²) < 4.78 is 5.26. The molecule has 100 heavy (non-hydrogen) atoms. The molecule has 0 heterocycles. The Morgan fingerprint density at radius 2 is 0.390 bits per heavy atom. The van der Waals surface area contributed by atoms with E-state index >= 15 is 0 Å². The van der Waals surface area contributed by atoms with Gasteiger partial charge in [0, 0.05) is 135 Å². The predicted octanol–water partition coefficient (Wildman–Crippen LogP) is 29.3. The topological polar surface area (TPSA) is 19.0 Å². The van der Waals surface area contributed by atoms with Crippen LogP contribution >= 0.6 is 0 Å². The molecule has 0 atom stereocenters. The van der Waals surface area contributed by atoms with Gasteiger partial charge in [-0.2, -0.15) is 4.58 Å². The Labute approximate surface area is 619 Å². The maximum atomic E-state index is 2.72. The number of hydrogen-bond acceptors (Lipinski definition) is 4. The quantitative estimate of drug-likeness (QED) is 0.0249. The summed E-state index contributed by atoms with van der Waals surface area (Å²) in [6.07, 6.45) is 73.5. The van der Waals surface area contributed by atoms with Crippen LogP contribution in [0, 0.1) is 0 Å². The van der Waals surface area contributed by atoms with Crippen molar-refractivity contribution >= 4 is 56.9 Å². The Balaban J connectivity index is 1.61. The van der Waals surface area contributed by atoms with Crippen molar-refractivity contribution in [2.45, 2.75) is 364 Å². The molecule has 6 heteroatoms. The van der Waals surface area contributed by atoms with Gasteiger partial charge in [0.1, 0.15) is 13.1 Å². The third-order valence-corrected chi connectivity index (χ3v) is 21.5. The number of unbranched alkanes of at least 4 members (excludes halogenated alkanes) is 40. The van der Waals surface area contributed by atoms with Crippen LogP contribution in [0.25, 0.3) is 0 Å². The van der Waals surface area contributed by atoms with E-state index in [0.717, 1.165) is 52.4 Å². The van der Waals surface area contributed by atoms with Gasteiger partial charge in [-0.3, -0.25) is 0 Å². The Bertz CT molecular complexity index is 2530. The van der Waals surface area contributed by atoms with Crippen molar-refractivity contribution in [2.75, 3.05) is 72.0 Å². The molecule has 5 rings (SSSR count). The average Bonchev–Trinajstić information content (AvgIpc) is 0.791. The molecule has 0 aliphatic heterocycles. The van der Waals surface area contributed by atoms with Gasteiger partial charge >= 0.3 is 0 Å². The summed E-state index contributed by atoms with van der Waals surface area (Å²) >= 11 is 0. The average molecular weight is 1370 g/mol. The first-order valence-electron chi connectivity index (χ1n) is 43.5. The SMILES string of the molecule is CCCCCCCCN(CCCCCCCC)c1ccc(N(c2ccc(N(CCCCCCCC)CCCCCCCC)cc2)c2ccc([N+](=C3C=CC(=[N+](CCCCCCCC)CCCCCCCC)C=C3)c3ccc(N(CCCCCCCC)CCCCCCCC)cc3)cc2)cc1. The molecule has 1 aliphatic rings. The first kappa shape index (κ1) is 85.5. The molecule has 0 amide bonds. The lowest BCUT2D eigenvalue weighted by Crippen LogP contribution is -2.26. The van der Waals surface area contributed by atoms with Crippen molar-refractivity contribution in [1.82, 2.24) is 4.58 Å². The zero-order chi connectivity index (χ0) is 71.0. The lowest BCUT2D eigenvalue weighted by molar-refractivity contribution is -0.527. The summed E-state index contributed by atoms with van der Waals surface area (Å²) in [5.41, 5.74) is 12.7. The van der Waals surface area contributed by atoms with Gasteiger partial charge in [0.15, 0.2) is 5.71 Å². The molecule has 0 saturated heterocycles. The van der Waals surface area contributed by atoms with Crippen LogP contribution in [0.15, 0.2) is 121 Å². The zero-order valence-corrected chi connectivity index (χ0v) is 66.8. The van der Waals surface area contributed by atoms with Gasteiger partial charge in [-0.05, 0) is 124 Å². The first-order valence-corrected chi connectivity index (χ1v) is 43.5. The normalized spacial score (nSPS) is 12.1. The van der Waals surface area contributed by atoms with Gasteiger partial charge in [0.05, 0.1) is 0 Å². The van der Waals surface area contributed by atoms with E-state index in [1.165, 1.54) is 365 Å². The van der Waals surface area contributed by atoms with E-state index in [1.807, 2.05) is 0 Å². The standard InChI is InChI=1S/C94H156N6/c1-9-17-25-33-41-49-77-95(78-50-42-34-26-18-10-2)85-57-65-89(66-58-85)99(90-67-59-86(60-68-90)96(79-51-43-35-27-19-11-3)80-52-44-36-28-20-12-4)93-73-75-94(76-74-93)100(91-69-61-87(62-70-91)97(81-53-45-37-29-21-13-5)82-54-46-38-30-22-14-6)92-71-63-88(64-72-92)98(83-55-47-39-31-23-15-7)84-56-48-40-32-24-16-8/h57-76H,9-56,77-84H2,1-8H3/q+2. The van der Waals surface area contributed by atoms with Gasteiger partial charge in [-0.15, -0.1) is 0 Å². The number of anilines is 6. The molecular formula is C94H156N6+2. The minimum atomic E-state index is 1.14. The molecule has 4 aromatic rings. The second kappa shape index (κ2) is 57.3. The zero-order valence-electron chi connectivity index (χ0n) is 66.8. The van der Waals surface area contributed by atoms with Crippen molar-refractivity contribution in [3.8, 4) is 0 Å². The fourth-order valence-corrected chi connectivity index (χ4v) is 15.0. The molecule has 6 nitrogen and oxygen atoms in total. The molecule has 0 fully saturated rings. The molecule has 4 aromatic carbocycles. The lowest BCUT2D eigenvalue weighted by Gasteiger charge is -2.29. The van der Waals surface area contributed by atoms with E-state index in [1.54, 1.807) is 0 Å². The van der Waals surface area contributed by atoms with Crippen LogP contribution in [0.2, 0.25) is 0 Å². The Morgan fingerprint density at radius 3 is 0.640 bits per heavy atom. The maximum Gasteiger partial charge on any atom is 0.212 e. The highest BCUT2D eigenvalue weighted by Crippen LogP contribution is 2.39. The summed E-state index contributed by atoms with van der Waals surface area (Å²) in [7, 11) is 0. The van der Waals surface area contributed by atoms with Gasteiger partial charge in [0.25, 0.3) is 0 Å². The third kappa shape index (κ3) is 35.4. The van der Waals surface area contributed by atoms with E-state index < -0.39 is 0 Å². The van der Waals surface area contributed by atoms with Crippen LogP contribution in [-0.2, 0) is 0 Å². The third-order valence-electron chi connectivity index (χ3n) is 21.5. The van der Waals surface area contributed by atoms with Crippen LogP contribution in [0.5, 0.6) is 0 Å². The maximum absolute atomic E-state index is 2.72. The van der Waals surface area contributed by atoms with Crippen molar-refractivity contribution in [2.24, 2.45) is 0 Å². The first-order chi connectivity index (χ1) is 49.4. The van der Waals surface area contributed by atoms with Crippen LogP contribution in [0.3, 0.4) is 0 Å². The molecular weight excluding hydrogens is 1210 g/mol. The minimum Gasteiger partial charge on any atom is -0.372 e. The van der Waals surface area contributed by atoms with Crippen LogP contribution < -0.4 is 24.2 Å². The van der Waals surface area contributed by atoms with Crippen molar-refractivity contribution < 1.29 is 4.58 Å². The number of nitrogens with zero attached hydrogens (tertiary/aromatic N) is 6. The molecule has 0 saturated carbocycles. The van der Waals surface area contributed by atoms with Crippen molar-refractivity contribution in [3.63, 3.8) is 0 Å². The lowest BCUT2D eigenvalue weighted by atomic mass is 10.1. The van der Waals surface area contributed by atoms with E-state index in [0.29, 0.717) is 0 Å². The van der Waals surface area contributed by atoms with E-state index in [4.69, 9.17) is 0 Å². The molecule has 0 N–H and O–H groups in total. The highest BCUT2D eigenvalue weighted by atomic mass is 15.2. The highest BCUT2D eigenvalue weighted by Gasteiger charge is 2.24. The number of rotatable bonds is 64. The molecule has 0 spiro atoms. The minimum absolute atomic E-state index is 1.14. The monoisotopic (exact) mass is 1370 g/mol. The van der Waals surface area contributed by atoms with Gasteiger partial charge in [0.2, 0.25) is 17.1 Å². The smallest absolute Gasteiger partial charge is 0.212 e. The molecule has 560 valence electrons. The largest absolute Gasteiger partial charge is 0.372 e. The fourth-order valence-electron chi connectivity index (χ4n) is 15.0. The number of hydrogen-bond donors (Lipinski definition) is 0. The van der Waals surface area contributed by atoms with E-state index in [-0.39, 0.29) is 0 Å². The van der Waals surface area contributed by atoms with Gasteiger partial charge in [-0.25, -0.2) is 4.58 Å². The second-order valence-electron chi connectivity index (χ2n) is 30.3. The fraction of sp³-hybridized carbons (Fsp3) is 0.681. The summed E-state index contributed by atoms with van der Waals surface area (Å²) in [4.78, 5) is 10.7. The molecule has 0 aromatic heterocycles. The van der Waals surface area contributed by atoms with E-state index in [9.17, 15) is 0 Å². The Kier molecular flexibility index (Phi) is 49.0. The molecule has 0 bridgehead atoms. The molecule has 0 radical (unpaired) electrons.